The van der Waals surface area contributed by atoms with Crippen molar-refractivity contribution in [2.75, 3.05) is 6.54 Å². The number of halogens is 1. The van der Waals surface area contributed by atoms with Gasteiger partial charge in [0, 0.05) is 42.3 Å². The van der Waals surface area contributed by atoms with Crippen LogP contribution in [0.4, 0.5) is 0 Å². The Morgan fingerprint density at radius 2 is 1.87 bits per heavy atom. The van der Waals surface area contributed by atoms with E-state index in [1.54, 1.807) is 0 Å². The first-order chi connectivity index (χ1) is 10.5. The molecule has 0 saturated heterocycles. The maximum Gasteiger partial charge on any atom is 0.260 e. The highest BCUT2D eigenvalue weighted by Crippen LogP contribution is 2.25. The molecular formula is C17H23ClN4O. The zero-order valence-electron chi connectivity index (χ0n) is 14.0. The third-order valence-corrected chi connectivity index (χ3v) is 4.01. The molecular weight excluding hydrogens is 312 g/mol. The lowest BCUT2D eigenvalue weighted by atomic mass is 10.1. The molecule has 2 heterocycles. The van der Waals surface area contributed by atoms with Crippen molar-refractivity contribution in [1.29, 1.82) is 0 Å². The van der Waals surface area contributed by atoms with Gasteiger partial charge in [0.15, 0.2) is 0 Å². The topological polar surface area (TPSA) is 51.9 Å². The van der Waals surface area contributed by atoms with Gasteiger partial charge in [0.25, 0.3) is 5.56 Å². The number of hydrogen-bond donors (Lipinski definition) is 1. The van der Waals surface area contributed by atoms with Gasteiger partial charge in [0.2, 0.25) is 0 Å². The van der Waals surface area contributed by atoms with E-state index in [2.05, 4.69) is 24.3 Å². The minimum Gasteiger partial charge on any atom is -0.313 e. The van der Waals surface area contributed by atoms with Crippen molar-refractivity contribution in [3.05, 3.63) is 40.3 Å². The molecule has 6 heteroatoms. The normalized spacial score (nSPS) is 11.3. The van der Waals surface area contributed by atoms with E-state index in [0.717, 1.165) is 34.0 Å². The SMILES string of the molecule is Cc1nn(C)c2c1c1ccccc1c(=O)n2CCNC(C)C.Cl. The summed E-state index contributed by atoms with van der Waals surface area (Å²) in [7, 11) is 1.90. The molecule has 1 aromatic carbocycles. The van der Waals surface area contributed by atoms with Gasteiger partial charge in [-0.3, -0.25) is 14.0 Å². The van der Waals surface area contributed by atoms with Crippen LogP contribution in [-0.2, 0) is 13.6 Å². The average molecular weight is 335 g/mol. The van der Waals surface area contributed by atoms with Crippen molar-refractivity contribution in [3.63, 3.8) is 0 Å². The Labute approximate surface area is 141 Å². The highest BCUT2D eigenvalue weighted by molar-refractivity contribution is 6.05. The van der Waals surface area contributed by atoms with Gasteiger partial charge in [-0.05, 0) is 13.0 Å². The molecule has 0 fully saturated rings. The summed E-state index contributed by atoms with van der Waals surface area (Å²) < 4.78 is 3.65. The summed E-state index contributed by atoms with van der Waals surface area (Å²) in [6.07, 6.45) is 0. The molecule has 0 amide bonds. The molecule has 23 heavy (non-hydrogen) atoms. The summed E-state index contributed by atoms with van der Waals surface area (Å²) in [5.74, 6) is 0. The number of aromatic nitrogens is 3. The first kappa shape index (κ1) is 17.5. The first-order valence-corrected chi connectivity index (χ1v) is 7.69. The van der Waals surface area contributed by atoms with Gasteiger partial charge in [0.05, 0.1) is 5.69 Å². The molecule has 0 aliphatic rings. The molecule has 124 valence electrons. The van der Waals surface area contributed by atoms with E-state index in [-0.39, 0.29) is 18.0 Å². The van der Waals surface area contributed by atoms with E-state index >= 15 is 0 Å². The minimum absolute atomic E-state index is 0. The van der Waals surface area contributed by atoms with Gasteiger partial charge < -0.3 is 5.32 Å². The van der Waals surface area contributed by atoms with E-state index in [1.165, 1.54) is 0 Å². The first-order valence-electron chi connectivity index (χ1n) is 7.69. The van der Waals surface area contributed by atoms with Crippen molar-refractivity contribution < 1.29 is 0 Å². The molecule has 0 spiro atoms. The minimum atomic E-state index is 0. The lowest BCUT2D eigenvalue weighted by Crippen LogP contribution is -2.31. The number of nitrogens with one attached hydrogen (secondary N) is 1. The van der Waals surface area contributed by atoms with Crippen LogP contribution in [0.2, 0.25) is 0 Å². The molecule has 0 unspecified atom stereocenters. The lowest BCUT2D eigenvalue weighted by molar-refractivity contribution is 0.537. The van der Waals surface area contributed by atoms with Crippen LogP contribution in [0.5, 0.6) is 0 Å². The second-order valence-electron chi connectivity index (χ2n) is 6.02. The van der Waals surface area contributed by atoms with Crippen molar-refractivity contribution in [3.8, 4) is 0 Å². The van der Waals surface area contributed by atoms with Crippen LogP contribution in [0.1, 0.15) is 19.5 Å². The molecule has 0 bridgehead atoms. The Hall–Kier alpha value is -1.85. The summed E-state index contributed by atoms with van der Waals surface area (Å²) in [5, 5.41) is 10.7. The van der Waals surface area contributed by atoms with Gasteiger partial charge in [0.1, 0.15) is 5.65 Å². The van der Waals surface area contributed by atoms with Crippen LogP contribution in [0.25, 0.3) is 21.8 Å². The Morgan fingerprint density at radius 1 is 1.22 bits per heavy atom. The standard InChI is InChI=1S/C17H22N4O.ClH/c1-11(2)18-9-10-21-16-15(12(3)19-20(16)4)13-7-5-6-8-14(13)17(21)22;/h5-8,11,18H,9-10H2,1-4H3;1H. The molecule has 0 aliphatic heterocycles. The molecule has 1 N–H and O–H groups in total. The smallest absolute Gasteiger partial charge is 0.260 e. The summed E-state index contributed by atoms with van der Waals surface area (Å²) in [6, 6.07) is 8.19. The maximum atomic E-state index is 12.9. The summed E-state index contributed by atoms with van der Waals surface area (Å²) >= 11 is 0. The Balaban J connectivity index is 0.00000192. The summed E-state index contributed by atoms with van der Waals surface area (Å²) in [5.41, 5.74) is 1.91. The zero-order chi connectivity index (χ0) is 15.9. The molecule has 3 rings (SSSR count). The quantitative estimate of drug-likeness (QED) is 0.798. The second-order valence-corrected chi connectivity index (χ2v) is 6.02. The van der Waals surface area contributed by atoms with Crippen LogP contribution in [0.3, 0.4) is 0 Å². The van der Waals surface area contributed by atoms with Gasteiger partial charge >= 0.3 is 0 Å². The molecule has 0 saturated carbocycles. The predicted molar refractivity (Wildman–Crippen MR) is 97.6 cm³/mol. The highest BCUT2D eigenvalue weighted by Gasteiger charge is 2.16. The van der Waals surface area contributed by atoms with Crippen LogP contribution in [-0.4, -0.2) is 26.9 Å². The molecule has 0 atom stereocenters. The molecule has 0 aliphatic carbocycles. The maximum absolute atomic E-state index is 12.9. The van der Waals surface area contributed by atoms with Crippen LogP contribution >= 0.6 is 12.4 Å². The third kappa shape index (κ3) is 2.99. The van der Waals surface area contributed by atoms with Gasteiger partial charge in [-0.25, -0.2) is 0 Å². The molecule has 5 nitrogen and oxygen atoms in total. The van der Waals surface area contributed by atoms with Crippen LogP contribution in [0.15, 0.2) is 29.1 Å². The highest BCUT2D eigenvalue weighted by atomic mass is 35.5. The number of nitrogens with zero attached hydrogens (tertiary/aromatic N) is 3. The fraction of sp³-hybridized carbons (Fsp3) is 0.412. The van der Waals surface area contributed by atoms with E-state index < -0.39 is 0 Å². The Bertz CT molecular complexity index is 895. The lowest BCUT2D eigenvalue weighted by Gasteiger charge is -2.13. The van der Waals surface area contributed by atoms with Crippen molar-refractivity contribution in [2.24, 2.45) is 7.05 Å². The van der Waals surface area contributed by atoms with Crippen molar-refractivity contribution >= 4 is 34.2 Å². The Morgan fingerprint density at radius 3 is 2.52 bits per heavy atom. The number of hydrogen-bond acceptors (Lipinski definition) is 3. The number of pyridine rings is 1. The molecule has 3 aromatic rings. The average Bonchev–Trinajstić information content (AvgIpc) is 2.77. The fourth-order valence-electron chi connectivity index (χ4n) is 3.07. The van der Waals surface area contributed by atoms with Gasteiger partial charge in [-0.1, -0.05) is 32.0 Å². The number of fused-ring (bicyclic) bond motifs is 3. The van der Waals surface area contributed by atoms with Gasteiger partial charge in [-0.2, -0.15) is 5.10 Å². The molecule has 0 radical (unpaired) electrons. The summed E-state index contributed by atoms with van der Waals surface area (Å²) in [6.45, 7) is 7.60. The van der Waals surface area contributed by atoms with Gasteiger partial charge in [-0.15, -0.1) is 12.4 Å². The van der Waals surface area contributed by atoms with Crippen LogP contribution < -0.4 is 10.9 Å². The second kappa shape index (κ2) is 6.72. The zero-order valence-corrected chi connectivity index (χ0v) is 14.8. The third-order valence-electron chi connectivity index (χ3n) is 4.01. The summed E-state index contributed by atoms with van der Waals surface area (Å²) in [4.78, 5) is 12.9. The van der Waals surface area contributed by atoms with E-state index in [1.807, 2.05) is 47.5 Å². The number of rotatable bonds is 4. The molecule has 2 aromatic heterocycles. The monoisotopic (exact) mass is 334 g/mol. The predicted octanol–water partition coefficient (Wildman–Crippen LogP) is 2.62. The largest absolute Gasteiger partial charge is 0.313 e. The number of aryl methyl sites for hydroxylation is 2. The number of benzene rings is 1. The van der Waals surface area contributed by atoms with E-state index in [0.29, 0.717) is 12.6 Å². The van der Waals surface area contributed by atoms with Crippen molar-refractivity contribution in [2.45, 2.75) is 33.4 Å². The van der Waals surface area contributed by atoms with E-state index in [9.17, 15) is 4.79 Å². The van der Waals surface area contributed by atoms with E-state index in [4.69, 9.17) is 0 Å². The fourth-order valence-corrected chi connectivity index (χ4v) is 3.07. The van der Waals surface area contributed by atoms with Crippen molar-refractivity contribution in [1.82, 2.24) is 19.7 Å². The Kier molecular flexibility index (Phi) is 5.12. The van der Waals surface area contributed by atoms with Crippen LogP contribution in [0, 0.1) is 6.92 Å².